The standard InChI is InChI=1S/C20H34N4O2.HI/c1-4-21-20(22-5-2)23-16-17-7-6-8-19(15-17)26-14-11-24(3)18-9-12-25-13-10-18;/h6-8,15,18H,4-5,9-14,16H2,1-3H3,(H2,21,22,23);1H. The molecule has 1 fully saturated rings. The van der Waals surface area contributed by atoms with Crippen LogP contribution in [0.4, 0.5) is 0 Å². The van der Waals surface area contributed by atoms with Crippen LogP contribution in [0.1, 0.15) is 32.3 Å². The number of nitrogens with one attached hydrogen (secondary N) is 2. The molecule has 1 aromatic rings. The third-order valence-corrected chi connectivity index (χ3v) is 4.53. The first-order chi connectivity index (χ1) is 12.7. The highest BCUT2D eigenvalue weighted by Gasteiger charge is 2.17. The van der Waals surface area contributed by atoms with Crippen molar-refractivity contribution in [3.8, 4) is 5.75 Å². The molecule has 0 spiro atoms. The van der Waals surface area contributed by atoms with Crippen molar-refractivity contribution in [2.24, 2.45) is 4.99 Å². The fourth-order valence-corrected chi connectivity index (χ4v) is 3.03. The zero-order valence-corrected chi connectivity index (χ0v) is 19.2. The normalized spacial score (nSPS) is 14.4. The molecule has 0 saturated carbocycles. The van der Waals surface area contributed by atoms with Gasteiger partial charge >= 0.3 is 0 Å². The zero-order valence-electron chi connectivity index (χ0n) is 16.9. The predicted molar refractivity (Wildman–Crippen MR) is 122 cm³/mol. The van der Waals surface area contributed by atoms with Gasteiger partial charge in [0.1, 0.15) is 12.4 Å². The van der Waals surface area contributed by atoms with Crippen LogP contribution in [0.25, 0.3) is 0 Å². The molecular formula is C20H35IN4O2. The number of likely N-dealkylation sites (N-methyl/N-ethyl adjacent to an activating group) is 1. The number of guanidine groups is 1. The first kappa shape index (κ1) is 24.0. The van der Waals surface area contributed by atoms with E-state index in [-0.39, 0.29) is 24.0 Å². The molecule has 154 valence electrons. The van der Waals surface area contributed by atoms with Crippen molar-refractivity contribution < 1.29 is 9.47 Å². The van der Waals surface area contributed by atoms with E-state index in [9.17, 15) is 0 Å². The number of nitrogens with zero attached hydrogens (tertiary/aromatic N) is 2. The molecule has 7 heteroatoms. The first-order valence-corrected chi connectivity index (χ1v) is 9.74. The number of halogens is 1. The van der Waals surface area contributed by atoms with Crippen LogP contribution in [0, 0.1) is 0 Å². The lowest BCUT2D eigenvalue weighted by atomic mass is 10.1. The van der Waals surface area contributed by atoms with E-state index in [1.54, 1.807) is 0 Å². The number of hydrogen-bond donors (Lipinski definition) is 2. The van der Waals surface area contributed by atoms with Gasteiger partial charge in [-0.15, -0.1) is 24.0 Å². The summed E-state index contributed by atoms with van der Waals surface area (Å²) in [5.74, 6) is 1.76. The molecule has 0 atom stereocenters. The van der Waals surface area contributed by atoms with Crippen LogP contribution >= 0.6 is 24.0 Å². The van der Waals surface area contributed by atoms with Gasteiger partial charge in [-0.25, -0.2) is 4.99 Å². The minimum Gasteiger partial charge on any atom is -0.492 e. The van der Waals surface area contributed by atoms with E-state index < -0.39 is 0 Å². The van der Waals surface area contributed by atoms with Gasteiger partial charge in [0.15, 0.2) is 5.96 Å². The molecule has 0 bridgehead atoms. The molecule has 1 aliphatic heterocycles. The van der Waals surface area contributed by atoms with Gasteiger partial charge in [0.25, 0.3) is 0 Å². The van der Waals surface area contributed by atoms with Crippen LogP contribution in [0.5, 0.6) is 5.75 Å². The van der Waals surface area contributed by atoms with E-state index in [4.69, 9.17) is 9.47 Å². The van der Waals surface area contributed by atoms with Gasteiger partial charge in [-0.1, -0.05) is 12.1 Å². The highest BCUT2D eigenvalue weighted by molar-refractivity contribution is 14.0. The third kappa shape index (κ3) is 9.12. The SMILES string of the molecule is CCNC(=NCc1cccc(OCCN(C)C2CCOCC2)c1)NCC.I. The van der Waals surface area contributed by atoms with Crippen molar-refractivity contribution in [1.82, 2.24) is 15.5 Å². The second kappa shape index (κ2) is 14.0. The molecule has 1 aliphatic rings. The van der Waals surface area contributed by atoms with E-state index in [0.29, 0.717) is 19.2 Å². The summed E-state index contributed by atoms with van der Waals surface area (Å²) in [6.45, 7) is 9.86. The van der Waals surface area contributed by atoms with Gasteiger partial charge < -0.3 is 20.1 Å². The monoisotopic (exact) mass is 490 g/mol. The molecule has 6 nitrogen and oxygen atoms in total. The lowest BCUT2D eigenvalue weighted by molar-refractivity contribution is 0.0392. The van der Waals surface area contributed by atoms with Crippen LogP contribution in [0.15, 0.2) is 29.3 Å². The molecule has 0 radical (unpaired) electrons. The molecule has 1 saturated heterocycles. The van der Waals surface area contributed by atoms with Crippen LogP contribution in [-0.4, -0.2) is 63.4 Å². The summed E-state index contributed by atoms with van der Waals surface area (Å²) in [5, 5.41) is 6.48. The molecule has 27 heavy (non-hydrogen) atoms. The Hall–Kier alpha value is -1.06. The van der Waals surface area contributed by atoms with Gasteiger partial charge in [0.2, 0.25) is 0 Å². The maximum absolute atomic E-state index is 5.96. The summed E-state index contributed by atoms with van der Waals surface area (Å²) in [4.78, 5) is 6.99. The van der Waals surface area contributed by atoms with E-state index in [2.05, 4.69) is 53.6 Å². The number of aliphatic imine (C=N–C) groups is 1. The Kier molecular flexibility index (Phi) is 12.4. The van der Waals surface area contributed by atoms with Gasteiger partial charge in [-0.3, -0.25) is 4.90 Å². The summed E-state index contributed by atoms with van der Waals surface area (Å²) < 4.78 is 11.4. The maximum Gasteiger partial charge on any atom is 0.191 e. The predicted octanol–water partition coefficient (Wildman–Crippen LogP) is 2.87. The van der Waals surface area contributed by atoms with Crippen molar-refractivity contribution in [3.63, 3.8) is 0 Å². The number of benzene rings is 1. The summed E-state index contributed by atoms with van der Waals surface area (Å²) in [5.41, 5.74) is 1.15. The van der Waals surface area contributed by atoms with E-state index in [1.165, 1.54) is 0 Å². The topological polar surface area (TPSA) is 58.1 Å². The minimum absolute atomic E-state index is 0. The summed E-state index contributed by atoms with van der Waals surface area (Å²) in [6, 6.07) is 8.82. The highest BCUT2D eigenvalue weighted by Crippen LogP contribution is 2.15. The van der Waals surface area contributed by atoms with Crippen molar-refractivity contribution in [1.29, 1.82) is 0 Å². The van der Waals surface area contributed by atoms with Crippen molar-refractivity contribution in [2.45, 2.75) is 39.3 Å². The van der Waals surface area contributed by atoms with Crippen LogP contribution in [0.2, 0.25) is 0 Å². The Bertz CT molecular complexity index is 543. The maximum atomic E-state index is 5.96. The number of rotatable bonds is 9. The van der Waals surface area contributed by atoms with Gasteiger partial charge in [0.05, 0.1) is 6.54 Å². The lowest BCUT2D eigenvalue weighted by Gasteiger charge is -2.31. The Balaban J connectivity index is 0.00000364. The van der Waals surface area contributed by atoms with Gasteiger partial charge in [0, 0.05) is 38.9 Å². The van der Waals surface area contributed by atoms with Crippen LogP contribution in [0.3, 0.4) is 0 Å². The molecule has 0 aliphatic carbocycles. The van der Waals surface area contributed by atoms with E-state index in [1.807, 2.05) is 12.1 Å². The summed E-state index contributed by atoms with van der Waals surface area (Å²) in [7, 11) is 2.17. The second-order valence-electron chi connectivity index (χ2n) is 6.55. The second-order valence-corrected chi connectivity index (χ2v) is 6.55. The van der Waals surface area contributed by atoms with Crippen LogP contribution in [-0.2, 0) is 11.3 Å². The van der Waals surface area contributed by atoms with Crippen LogP contribution < -0.4 is 15.4 Å². The number of hydrogen-bond acceptors (Lipinski definition) is 4. The smallest absolute Gasteiger partial charge is 0.191 e. The number of ether oxygens (including phenoxy) is 2. The summed E-state index contributed by atoms with van der Waals surface area (Å²) in [6.07, 6.45) is 2.23. The van der Waals surface area contributed by atoms with E-state index >= 15 is 0 Å². The molecule has 0 aromatic heterocycles. The molecule has 1 heterocycles. The summed E-state index contributed by atoms with van der Waals surface area (Å²) >= 11 is 0. The van der Waals surface area contributed by atoms with Gasteiger partial charge in [-0.05, 0) is 51.4 Å². The minimum atomic E-state index is 0. The van der Waals surface area contributed by atoms with Gasteiger partial charge in [-0.2, -0.15) is 0 Å². The Morgan fingerprint density at radius 2 is 1.93 bits per heavy atom. The third-order valence-electron chi connectivity index (χ3n) is 4.53. The van der Waals surface area contributed by atoms with Crippen molar-refractivity contribution in [2.75, 3.05) is 46.5 Å². The molecule has 0 amide bonds. The Labute approximate surface area is 181 Å². The Morgan fingerprint density at radius 1 is 1.22 bits per heavy atom. The highest BCUT2D eigenvalue weighted by atomic mass is 127. The fraction of sp³-hybridized carbons (Fsp3) is 0.650. The average molecular weight is 490 g/mol. The average Bonchev–Trinajstić information content (AvgIpc) is 2.67. The molecule has 2 N–H and O–H groups in total. The van der Waals surface area contributed by atoms with Crippen molar-refractivity contribution >= 4 is 29.9 Å². The van der Waals surface area contributed by atoms with E-state index in [0.717, 1.165) is 63.0 Å². The van der Waals surface area contributed by atoms with Crippen molar-refractivity contribution in [3.05, 3.63) is 29.8 Å². The zero-order chi connectivity index (χ0) is 18.6. The lowest BCUT2D eigenvalue weighted by Crippen LogP contribution is -2.38. The molecule has 1 aromatic carbocycles. The Morgan fingerprint density at radius 3 is 2.59 bits per heavy atom. The largest absolute Gasteiger partial charge is 0.492 e. The molecular weight excluding hydrogens is 455 g/mol. The molecule has 0 unspecified atom stereocenters. The fourth-order valence-electron chi connectivity index (χ4n) is 3.03. The first-order valence-electron chi connectivity index (χ1n) is 9.74. The molecule has 2 rings (SSSR count). The quantitative estimate of drug-likeness (QED) is 0.317.